The summed E-state index contributed by atoms with van der Waals surface area (Å²) in [4.78, 5) is 48.8. The van der Waals surface area contributed by atoms with E-state index < -0.39 is 22.8 Å². The van der Waals surface area contributed by atoms with Crippen LogP contribution >= 0.6 is 15.9 Å². The molecule has 3 rings (SSSR count). The molecule has 10 nitrogen and oxygen atoms in total. The molecule has 1 fully saturated rings. The Kier molecular flexibility index (Phi) is 7.44. The number of nitro groups is 1. The lowest BCUT2D eigenvalue weighted by atomic mass is 10.1. The normalized spacial score (nSPS) is 14.9. The second-order valence-electron chi connectivity index (χ2n) is 6.84. The molecule has 11 heteroatoms. The predicted molar refractivity (Wildman–Crippen MR) is 123 cm³/mol. The molecule has 1 N–H and O–H groups in total. The van der Waals surface area contributed by atoms with Crippen molar-refractivity contribution in [3.8, 4) is 11.5 Å². The number of ether oxygens (including phenoxy) is 2. The van der Waals surface area contributed by atoms with Crippen LogP contribution in [0.5, 0.6) is 11.5 Å². The number of barbiturate groups is 1. The Morgan fingerprint density at radius 1 is 1.12 bits per heavy atom. The van der Waals surface area contributed by atoms with Crippen molar-refractivity contribution in [1.29, 1.82) is 0 Å². The van der Waals surface area contributed by atoms with Gasteiger partial charge in [0.15, 0.2) is 11.5 Å². The number of hydrogen-bond acceptors (Lipinski definition) is 7. The van der Waals surface area contributed by atoms with E-state index in [0.29, 0.717) is 34.7 Å². The molecule has 33 heavy (non-hydrogen) atoms. The van der Waals surface area contributed by atoms with E-state index in [4.69, 9.17) is 9.47 Å². The fraction of sp³-hybridized carbons (Fsp3) is 0.227. The van der Waals surface area contributed by atoms with Gasteiger partial charge in [-0.2, -0.15) is 0 Å². The van der Waals surface area contributed by atoms with Gasteiger partial charge in [0.25, 0.3) is 17.5 Å². The van der Waals surface area contributed by atoms with E-state index in [0.717, 1.165) is 23.5 Å². The molecule has 1 aliphatic rings. The van der Waals surface area contributed by atoms with Gasteiger partial charge in [-0.25, -0.2) is 9.69 Å². The highest BCUT2D eigenvalue weighted by molar-refractivity contribution is 9.10. The third kappa shape index (κ3) is 5.20. The number of nitrogens with zero attached hydrogens (tertiary/aromatic N) is 2. The number of benzene rings is 2. The van der Waals surface area contributed by atoms with Crippen LogP contribution in [0, 0.1) is 10.1 Å². The largest absolute Gasteiger partial charge is 0.490 e. The lowest BCUT2D eigenvalue weighted by Crippen LogP contribution is -2.54. The summed E-state index contributed by atoms with van der Waals surface area (Å²) in [5.74, 6) is -0.788. The van der Waals surface area contributed by atoms with Gasteiger partial charge in [0.05, 0.1) is 28.3 Å². The Morgan fingerprint density at radius 2 is 1.82 bits per heavy atom. The van der Waals surface area contributed by atoms with Gasteiger partial charge in [-0.05, 0) is 65.2 Å². The number of non-ortho nitro benzene ring substituents is 1. The minimum Gasteiger partial charge on any atom is -0.490 e. The molecular weight excluding hydrogens is 498 g/mol. The van der Waals surface area contributed by atoms with E-state index in [1.807, 2.05) is 13.8 Å². The van der Waals surface area contributed by atoms with Gasteiger partial charge in [-0.1, -0.05) is 6.92 Å². The highest BCUT2D eigenvalue weighted by atomic mass is 79.9. The molecule has 2 aromatic carbocycles. The van der Waals surface area contributed by atoms with Crippen LogP contribution in [-0.2, 0) is 9.59 Å². The monoisotopic (exact) mass is 517 g/mol. The van der Waals surface area contributed by atoms with Crippen molar-refractivity contribution < 1.29 is 28.8 Å². The molecule has 0 radical (unpaired) electrons. The first-order chi connectivity index (χ1) is 15.8. The fourth-order valence-electron chi connectivity index (χ4n) is 3.06. The number of hydrogen-bond donors (Lipinski definition) is 1. The summed E-state index contributed by atoms with van der Waals surface area (Å²) in [6, 6.07) is 7.18. The molecule has 2 aromatic rings. The van der Waals surface area contributed by atoms with E-state index in [-0.39, 0.29) is 16.9 Å². The Balaban J connectivity index is 1.99. The van der Waals surface area contributed by atoms with Crippen molar-refractivity contribution in [3.05, 3.63) is 62.1 Å². The number of imide groups is 2. The maximum absolute atomic E-state index is 13.0. The number of nitrogens with one attached hydrogen (secondary N) is 1. The topological polar surface area (TPSA) is 128 Å². The molecule has 1 aliphatic heterocycles. The predicted octanol–water partition coefficient (Wildman–Crippen LogP) is 4.21. The van der Waals surface area contributed by atoms with E-state index in [1.54, 1.807) is 12.1 Å². The summed E-state index contributed by atoms with van der Waals surface area (Å²) >= 11 is 3.43. The molecule has 0 saturated carbocycles. The fourth-order valence-corrected chi connectivity index (χ4v) is 3.63. The number of urea groups is 1. The van der Waals surface area contributed by atoms with E-state index in [1.165, 1.54) is 18.2 Å². The average molecular weight is 518 g/mol. The Hall–Kier alpha value is -3.73. The van der Waals surface area contributed by atoms with E-state index >= 15 is 0 Å². The highest BCUT2D eigenvalue weighted by Crippen LogP contribution is 2.38. The zero-order chi connectivity index (χ0) is 24.1. The molecule has 1 heterocycles. The van der Waals surface area contributed by atoms with Gasteiger partial charge < -0.3 is 9.47 Å². The van der Waals surface area contributed by atoms with Crippen LogP contribution < -0.4 is 19.7 Å². The minimum atomic E-state index is -0.949. The number of halogens is 1. The zero-order valence-electron chi connectivity index (χ0n) is 17.8. The standard InChI is InChI=1S/C22H20BrN3O7/c1-3-9-33-19-17(23)11-13(12-18(19)32-4-2)10-16-20(27)24-22(29)25(21(16)28)14-5-7-15(8-6-14)26(30)31/h5-8,10-12H,3-4,9H2,1-2H3,(H,24,27,29)/b16-10+. The molecule has 0 aromatic heterocycles. The van der Waals surface area contributed by atoms with Gasteiger partial charge in [0.1, 0.15) is 5.57 Å². The van der Waals surface area contributed by atoms with Crippen molar-refractivity contribution in [2.75, 3.05) is 18.1 Å². The van der Waals surface area contributed by atoms with Crippen LogP contribution in [0.4, 0.5) is 16.2 Å². The van der Waals surface area contributed by atoms with Crippen LogP contribution in [0.3, 0.4) is 0 Å². The Labute approximate surface area is 197 Å². The number of amides is 4. The summed E-state index contributed by atoms with van der Waals surface area (Å²) in [5, 5.41) is 13.0. The van der Waals surface area contributed by atoms with Gasteiger partial charge >= 0.3 is 6.03 Å². The number of nitro benzene ring substituents is 1. The molecular formula is C22H20BrN3O7. The maximum Gasteiger partial charge on any atom is 0.335 e. The van der Waals surface area contributed by atoms with Crippen LogP contribution in [0.2, 0.25) is 0 Å². The summed E-state index contributed by atoms with van der Waals surface area (Å²) < 4.78 is 11.9. The van der Waals surface area contributed by atoms with E-state index in [9.17, 15) is 24.5 Å². The summed E-state index contributed by atoms with van der Waals surface area (Å²) in [6.45, 7) is 4.63. The summed E-state index contributed by atoms with van der Waals surface area (Å²) in [7, 11) is 0. The molecule has 172 valence electrons. The molecule has 0 bridgehead atoms. The summed E-state index contributed by atoms with van der Waals surface area (Å²) in [6.07, 6.45) is 2.13. The maximum atomic E-state index is 13.0. The SMILES string of the molecule is CCCOc1c(Br)cc(/C=C2\C(=O)NC(=O)N(c3ccc([N+](=O)[O-])cc3)C2=O)cc1OCC. The zero-order valence-corrected chi connectivity index (χ0v) is 19.4. The number of anilines is 1. The first-order valence-corrected chi connectivity index (χ1v) is 10.8. The third-order valence-corrected chi connectivity index (χ3v) is 5.10. The van der Waals surface area contributed by atoms with Crippen molar-refractivity contribution in [2.24, 2.45) is 0 Å². The molecule has 0 unspecified atom stereocenters. The minimum absolute atomic E-state index is 0.0843. The number of carbonyl (C=O) groups is 3. The van der Waals surface area contributed by atoms with Crippen LogP contribution in [0.1, 0.15) is 25.8 Å². The van der Waals surface area contributed by atoms with E-state index in [2.05, 4.69) is 21.2 Å². The van der Waals surface area contributed by atoms with Crippen molar-refractivity contribution in [1.82, 2.24) is 5.32 Å². The Morgan fingerprint density at radius 3 is 2.42 bits per heavy atom. The number of rotatable bonds is 8. The van der Waals surface area contributed by atoms with Crippen molar-refractivity contribution >= 4 is 51.2 Å². The lowest BCUT2D eigenvalue weighted by Gasteiger charge is -2.26. The second kappa shape index (κ2) is 10.3. The van der Waals surface area contributed by atoms with Gasteiger partial charge in [-0.3, -0.25) is 25.0 Å². The first-order valence-electron chi connectivity index (χ1n) is 10.0. The molecule has 4 amide bonds. The van der Waals surface area contributed by atoms with Gasteiger partial charge in [0, 0.05) is 12.1 Å². The molecule has 0 atom stereocenters. The lowest BCUT2D eigenvalue weighted by molar-refractivity contribution is -0.384. The molecule has 1 saturated heterocycles. The van der Waals surface area contributed by atoms with Gasteiger partial charge in [-0.15, -0.1) is 0 Å². The molecule has 0 spiro atoms. The van der Waals surface area contributed by atoms with Crippen LogP contribution in [0.25, 0.3) is 6.08 Å². The number of carbonyl (C=O) groups excluding carboxylic acids is 3. The summed E-state index contributed by atoms with van der Waals surface area (Å²) in [5.41, 5.74) is 0.0605. The first kappa shape index (κ1) is 23.9. The van der Waals surface area contributed by atoms with Crippen molar-refractivity contribution in [3.63, 3.8) is 0 Å². The molecule has 0 aliphatic carbocycles. The highest BCUT2D eigenvalue weighted by Gasteiger charge is 2.37. The third-order valence-electron chi connectivity index (χ3n) is 4.51. The van der Waals surface area contributed by atoms with Crippen molar-refractivity contribution in [2.45, 2.75) is 20.3 Å². The quantitative estimate of drug-likeness (QED) is 0.240. The smallest absolute Gasteiger partial charge is 0.335 e. The Bertz CT molecular complexity index is 1150. The van der Waals surface area contributed by atoms with Crippen LogP contribution in [0.15, 0.2) is 46.4 Å². The average Bonchev–Trinajstić information content (AvgIpc) is 2.76. The second-order valence-corrected chi connectivity index (χ2v) is 7.70. The van der Waals surface area contributed by atoms with Gasteiger partial charge in [0.2, 0.25) is 0 Å². The van der Waals surface area contributed by atoms with Crippen LogP contribution in [-0.4, -0.2) is 36.0 Å².